The first kappa shape index (κ1) is 20.3. The molecule has 0 spiro atoms. The minimum Gasteiger partial charge on any atom is -0.258 e. The monoisotopic (exact) mass is 304 g/mol. The summed E-state index contributed by atoms with van der Waals surface area (Å²) in [5, 5.41) is 3.99. The number of hydrogen-bond acceptors (Lipinski definition) is 3. The van der Waals surface area contributed by atoms with Gasteiger partial charge in [-0.1, -0.05) is 55.0 Å². The Morgan fingerprint density at radius 3 is 1.82 bits per heavy atom. The molecule has 22 heavy (non-hydrogen) atoms. The number of aromatic nitrogens is 4. The van der Waals surface area contributed by atoms with Crippen LogP contribution >= 0.6 is 0 Å². The Balaban J connectivity index is 0.000000385. The Morgan fingerprint density at radius 1 is 0.955 bits per heavy atom. The topological polar surface area (TPSA) is 43.6 Å². The molecule has 0 aliphatic heterocycles. The van der Waals surface area contributed by atoms with Crippen molar-refractivity contribution in [1.29, 1.82) is 0 Å². The van der Waals surface area contributed by atoms with Crippen LogP contribution in [0.15, 0.2) is 24.5 Å². The van der Waals surface area contributed by atoms with Crippen molar-refractivity contribution < 1.29 is 0 Å². The molecular formula is C18H32N4. The summed E-state index contributed by atoms with van der Waals surface area (Å²) in [4.78, 5) is 8.58. The zero-order valence-corrected chi connectivity index (χ0v) is 14.6. The van der Waals surface area contributed by atoms with Crippen molar-refractivity contribution in [2.45, 2.75) is 66.7 Å². The number of aryl methyl sites for hydroxylation is 2. The minimum atomic E-state index is 0. The summed E-state index contributed by atoms with van der Waals surface area (Å²) in [7, 11) is 1.91. The van der Waals surface area contributed by atoms with Crippen LogP contribution in [0.5, 0.6) is 0 Å². The molecule has 0 unspecified atom stereocenters. The molecule has 0 aromatic carbocycles. The van der Waals surface area contributed by atoms with Crippen LogP contribution in [0.2, 0.25) is 0 Å². The van der Waals surface area contributed by atoms with Gasteiger partial charge in [0.25, 0.3) is 0 Å². The molecule has 0 fully saturated rings. The Bertz CT molecular complexity index is 571. The second-order valence-corrected chi connectivity index (χ2v) is 7.37. The zero-order chi connectivity index (χ0) is 16.3. The third-order valence-electron chi connectivity index (χ3n) is 3.04. The summed E-state index contributed by atoms with van der Waals surface area (Å²) in [5.74, 6) is 1.02. The molecule has 124 valence electrons. The number of hydrogen-bond donors (Lipinski definition) is 0. The van der Waals surface area contributed by atoms with Gasteiger partial charge in [0.2, 0.25) is 0 Å². The molecule has 0 radical (unpaired) electrons. The number of rotatable bonds is 0. The van der Waals surface area contributed by atoms with Crippen LogP contribution in [-0.4, -0.2) is 19.7 Å². The van der Waals surface area contributed by atoms with E-state index in [1.807, 2.05) is 20.0 Å². The Labute approximate surface area is 136 Å². The van der Waals surface area contributed by atoms with Gasteiger partial charge in [0.05, 0.1) is 0 Å². The van der Waals surface area contributed by atoms with E-state index >= 15 is 0 Å². The summed E-state index contributed by atoms with van der Waals surface area (Å²) in [6, 6.07) is 6.16. The first-order chi connectivity index (χ1) is 9.51. The van der Waals surface area contributed by atoms with Crippen LogP contribution in [0.3, 0.4) is 0 Å². The summed E-state index contributed by atoms with van der Waals surface area (Å²) in [5.41, 5.74) is 2.53. The molecule has 0 atom stereocenters. The van der Waals surface area contributed by atoms with E-state index in [0.717, 1.165) is 17.2 Å². The maximum atomic E-state index is 4.44. The van der Waals surface area contributed by atoms with Crippen molar-refractivity contribution in [2.24, 2.45) is 7.05 Å². The quantitative estimate of drug-likeness (QED) is 0.723. The second-order valence-electron chi connectivity index (χ2n) is 7.37. The smallest absolute Gasteiger partial charge is 0.138 e. The Hall–Kier alpha value is -1.71. The normalized spacial score (nSPS) is 11.3. The highest BCUT2D eigenvalue weighted by Gasteiger charge is 2.18. The first-order valence-electron chi connectivity index (χ1n) is 7.30. The lowest BCUT2D eigenvalue weighted by atomic mass is 9.91. The molecule has 0 saturated heterocycles. The van der Waals surface area contributed by atoms with E-state index in [2.05, 4.69) is 68.7 Å². The number of pyridine rings is 1. The first-order valence-corrected chi connectivity index (χ1v) is 7.30. The average Bonchev–Trinajstić information content (AvgIpc) is 2.75. The maximum Gasteiger partial charge on any atom is 0.138 e. The van der Waals surface area contributed by atoms with E-state index in [0.29, 0.717) is 0 Å². The van der Waals surface area contributed by atoms with Gasteiger partial charge in [-0.15, -0.1) is 0 Å². The van der Waals surface area contributed by atoms with Crippen molar-refractivity contribution in [3.05, 3.63) is 41.7 Å². The van der Waals surface area contributed by atoms with E-state index < -0.39 is 0 Å². The molecule has 0 N–H and O–H groups in total. The van der Waals surface area contributed by atoms with E-state index in [1.165, 1.54) is 0 Å². The van der Waals surface area contributed by atoms with Gasteiger partial charge in [0.15, 0.2) is 0 Å². The molecule has 0 aliphatic rings. The molecule has 0 saturated carbocycles. The average molecular weight is 304 g/mol. The van der Waals surface area contributed by atoms with E-state index in [4.69, 9.17) is 0 Å². The van der Waals surface area contributed by atoms with Crippen molar-refractivity contribution in [1.82, 2.24) is 19.7 Å². The highest BCUT2D eigenvalue weighted by atomic mass is 15.3. The van der Waals surface area contributed by atoms with Crippen molar-refractivity contribution >= 4 is 0 Å². The Kier molecular flexibility index (Phi) is 6.94. The third kappa shape index (κ3) is 5.96. The molecule has 2 aromatic heterocycles. The summed E-state index contributed by atoms with van der Waals surface area (Å²) < 4.78 is 1.81. The molecular weight excluding hydrogens is 272 g/mol. The number of nitrogens with zero attached hydrogens (tertiary/aromatic N) is 4. The Morgan fingerprint density at radius 2 is 1.55 bits per heavy atom. The van der Waals surface area contributed by atoms with Crippen molar-refractivity contribution in [3.8, 4) is 0 Å². The third-order valence-corrected chi connectivity index (χ3v) is 3.04. The van der Waals surface area contributed by atoms with Crippen LogP contribution in [0.4, 0.5) is 0 Å². The fourth-order valence-corrected chi connectivity index (χ4v) is 1.94. The molecule has 4 nitrogen and oxygen atoms in total. The largest absolute Gasteiger partial charge is 0.258 e. The van der Waals surface area contributed by atoms with Gasteiger partial charge < -0.3 is 0 Å². The van der Waals surface area contributed by atoms with Crippen LogP contribution < -0.4 is 0 Å². The standard InChI is InChI=1S/C10H15N.C7H13N3.CH4/c1-8-6-5-7-9(11-8)10(2,3)4;1-7(2,3)6-8-5-9-10(6)4;/h5-7H,1-4H3;5H,1-4H3;1H4. The van der Waals surface area contributed by atoms with Gasteiger partial charge in [-0.05, 0) is 19.1 Å². The fraction of sp³-hybridized carbons (Fsp3) is 0.611. The minimum absolute atomic E-state index is 0. The van der Waals surface area contributed by atoms with Gasteiger partial charge in [-0.2, -0.15) is 5.10 Å². The van der Waals surface area contributed by atoms with Crippen LogP contribution in [0, 0.1) is 6.92 Å². The molecule has 2 heterocycles. The van der Waals surface area contributed by atoms with Gasteiger partial charge in [0.1, 0.15) is 12.2 Å². The van der Waals surface area contributed by atoms with Crippen LogP contribution in [-0.2, 0) is 17.9 Å². The van der Waals surface area contributed by atoms with Crippen molar-refractivity contribution in [2.75, 3.05) is 0 Å². The SMILES string of the molecule is C.Cc1cccc(C(C)(C)C)n1.Cn1ncnc1C(C)(C)C. The predicted octanol–water partition coefficient (Wildman–Crippen LogP) is 4.44. The fourth-order valence-electron chi connectivity index (χ4n) is 1.94. The zero-order valence-electron chi connectivity index (χ0n) is 14.6. The molecule has 4 heteroatoms. The highest BCUT2D eigenvalue weighted by Crippen LogP contribution is 2.19. The van der Waals surface area contributed by atoms with Gasteiger partial charge in [-0.3, -0.25) is 9.67 Å². The van der Waals surface area contributed by atoms with Gasteiger partial charge in [0, 0.05) is 29.3 Å². The summed E-state index contributed by atoms with van der Waals surface area (Å²) in [6.07, 6.45) is 1.58. The lowest BCUT2D eigenvalue weighted by Gasteiger charge is -2.17. The maximum absolute atomic E-state index is 4.44. The lowest BCUT2D eigenvalue weighted by Crippen LogP contribution is -2.17. The predicted molar refractivity (Wildman–Crippen MR) is 94.1 cm³/mol. The molecule has 0 bridgehead atoms. The highest BCUT2D eigenvalue weighted by molar-refractivity contribution is 5.16. The van der Waals surface area contributed by atoms with E-state index in [-0.39, 0.29) is 18.3 Å². The van der Waals surface area contributed by atoms with Crippen LogP contribution in [0.1, 0.15) is 66.2 Å². The molecule has 0 aliphatic carbocycles. The molecule has 0 amide bonds. The van der Waals surface area contributed by atoms with E-state index in [1.54, 1.807) is 11.0 Å². The summed E-state index contributed by atoms with van der Waals surface area (Å²) >= 11 is 0. The van der Waals surface area contributed by atoms with Crippen molar-refractivity contribution in [3.63, 3.8) is 0 Å². The second kappa shape index (κ2) is 7.52. The van der Waals surface area contributed by atoms with Crippen LogP contribution in [0.25, 0.3) is 0 Å². The van der Waals surface area contributed by atoms with E-state index in [9.17, 15) is 0 Å². The lowest BCUT2D eigenvalue weighted by molar-refractivity contribution is 0.506. The molecule has 2 rings (SSSR count). The molecule has 2 aromatic rings. The van der Waals surface area contributed by atoms with Gasteiger partial charge in [-0.25, -0.2) is 4.98 Å². The van der Waals surface area contributed by atoms with Gasteiger partial charge >= 0.3 is 0 Å². The summed E-state index contributed by atoms with van der Waals surface area (Å²) in [6.45, 7) is 14.9.